The Morgan fingerprint density at radius 3 is 2.88 bits per heavy atom. The van der Waals surface area contributed by atoms with Crippen molar-refractivity contribution >= 4 is 23.3 Å². The minimum Gasteiger partial charge on any atom is -0.462 e. The van der Waals surface area contributed by atoms with Crippen LogP contribution in [0.25, 0.3) is 0 Å². The summed E-state index contributed by atoms with van der Waals surface area (Å²) in [6.07, 6.45) is 5.48. The van der Waals surface area contributed by atoms with Crippen LogP contribution in [0.1, 0.15) is 46.8 Å². The zero-order valence-electron chi connectivity index (χ0n) is 14.0. The minimum absolute atomic E-state index is 0.162. The van der Waals surface area contributed by atoms with Gasteiger partial charge in [-0.3, -0.25) is 0 Å². The molecule has 0 saturated heterocycles. The number of allylic oxidation sites excluding steroid dienone is 2. The van der Waals surface area contributed by atoms with Gasteiger partial charge in [-0.25, -0.2) is 4.79 Å². The van der Waals surface area contributed by atoms with Gasteiger partial charge in [-0.15, -0.1) is 0 Å². The Morgan fingerprint density at radius 2 is 2.08 bits per heavy atom. The van der Waals surface area contributed by atoms with Crippen LogP contribution in [0, 0.1) is 5.92 Å². The first-order valence-electron chi connectivity index (χ1n) is 8.67. The van der Waals surface area contributed by atoms with E-state index in [2.05, 4.69) is 23.5 Å². The number of carbonyl (C=O) groups excluding carboxylic acids is 1. The summed E-state index contributed by atoms with van der Waals surface area (Å²) < 4.78 is 5.14. The number of esters is 1. The van der Waals surface area contributed by atoms with Crippen molar-refractivity contribution in [2.45, 2.75) is 25.3 Å². The maximum Gasteiger partial charge on any atom is 0.338 e. The average molecular weight is 354 g/mol. The molecule has 0 aromatic heterocycles. The first-order valence-corrected chi connectivity index (χ1v) is 9.05. The summed E-state index contributed by atoms with van der Waals surface area (Å²) in [7, 11) is 0. The highest BCUT2D eigenvalue weighted by Crippen LogP contribution is 2.50. The predicted octanol–water partition coefficient (Wildman–Crippen LogP) is 5.34. The number of carbonyl (C=O) groups is 1. The molecule has 0 radical (unpaired) electrons. The summed E-state index contributed by atoms with van der Waals surface area (Å²) in [6.45, 7) is 2.20. The number of nitrogens with one attached hydrogen (secondary N) is 1. The third-order valence-electron chi connectivity index (χ3n) is 5.11. The van der Waals surface area contributed by atoms with Gasteiger partial charge >= 0.3 is 5.97 Å². The zero-order valence-corrected chi connectivity index (χ0v) is 14.8. The van der Waals surface area contributed by atoms with Crippen LogP contribution in [-0.2, 0) is 4.74 Å². The van der Waals surface area contributed by atoms with E-state index in [-0.39, 0.29) is 17.9 Å². The first kappa shape index (κ1) is 16.2. The second kappa shape index (κ2) is 6.57. The first-order chi connectivity index (χ1) is 12.2. The zero-order chi connectivity index (χ0) is 17.4. The Bertz CT molecular complexity index is 846. The maximum absolute atomic E-state index is 12.1. The van der Waals surface area contributed by atoms with Gasteiger partial charge in [0.05, 0.1) is 18.2 Å². The largest absolute Gasteiger partial charge is 0.462 e. The lowest BCUT2D eigenvalue weighted by molar-refractivity contribution is 0.0526. The molecule has 0 saturated carbocycles. The highest BCUT2D eigenvalue weighted by Gasteiger charge is 2.38. The van der Waals surface area contributed by atoms with Crippen molar-refractivity contribution in [1.82, 2.24) is 0 Å². The monoisotopic (exact) mass is 353 g/mol. The van der Waals surface area contributed by atoms with Gasteiger partial charge in [-0.05, 0) is 54.7 Å². The lowest BCUT2D eigenvalue weighted by atomic mass is 9.76. The van der Waals surface area contributed by atoms with Gasteiger partial charge in [0.2, 0.25) is 0 Å². The number of rotatable bonds is 3. The normalized spacial score (nSPS) is 23.5. The molecule has 0 amide bonds. The van der Waals surface area contributed by atoms with E-state index in [0.717, 1.165) is 28.3 Å². The molecule has 1 N–H and O–H groups in total. The van der Waals surface area contributed by atoms with Crippen LogP contribution < -0.4 is 5.32 Å². The fourth-order valence-corrected chi connectivity index (χ4v) is 4.22. The summed E-state index contributed by atoms with van der Waals surface area (Å²) in [5, 5.41) is 4.44. The molecule has 0 spiro atoms. The molecular weight excluding hydrogens is 334 g/mol. The average Bonchev–Trinajstić information content (AvgIpc) is 3.11. The minimum atomic E-state index is -0.267. The summed E-state index contributed by atoms with van der Waals surface area (Å²) in [5.74, 6) is 0.411. The van der Waals surface area contributed by atoms with E-state index in [1.807, 2.05) is 43.3 Å². The molecule has 1 heterocycles. The Balaban J connectivity index is 1.74. The smallest absolute Gasteiger partial charge is 0.338 e. The lowest BCUT2D eigenvalue weighted by Crippen LogP contribution is -2.29. The van der Waals surface area contributed by atoms with Crippen molar-refractivity contribution in [3.8, 4) is 0 Å². The van der Waals surface area contributed by atoms with Crippen LogP contribution in [0.3, 0.4) is 0 Å². The Kier molecular flexibility index (Phi) is 4.26. The van der Waals surface area contributed by atoms with Gasteiger partial charge in [0, 0.05) is 16.6 Å². The van der Waals surface area contributed by atoms with Crippen molar-refractivity contribution in [2.24, 2.45) is 5.92 Å². The summed E-state index contributed by atoms with van der Waals surface area (Å²) in [5.41, 5.74) is 3.96. The van der Waals surface area contributed by atoms with Crippen molar-refractivity contribution in [2.75, 3.05) is 11.9 Å². The number of hydrogen-bond donors (Lipinski definition) is 1. The SMILES string of the molecule is CCOC(=O)c1ccc2c(c1)[C@@H]1C=CC[C@H]1[C@H](c1ccccc1Cl)N2. The van der Waals surface area contributed by atoms with Crippen molar-refractivity contribution < 1.29 is 9.53 Å². The van der Waals surface area contributed by atoms with Crippen molar-refractivity contribution in [3.63, 3.8) is 0 Å². The van der Waals surface area contributed by atoms with Crippen LogP contribution in [0.4, 0.5) is 5.69 Å². The third kappa shape index (κ3) is 2.83. The molecule has 0 unspecified atom stereocenters. The predicted molar refractivity (Wildman–Crippen MR) is 100 cm³/mol. The van der Waals surface area contributed by atoms with E-state index in [1.54, 1.807) is 0 Å². The van der Waals surface area contributed by atoms with Crippen molar-refractivity contribution in [1.29, 1.82) is 0 Å². The standard InChI is InChI=1S/C21H20ClNO2/c1-2-25-21(24)13-10-11-19-17(12-13)14-7-5-8-15(14)20(23-19)16-6-3-4-9-18(16)22/h3-7,9-12,14-15,20,23H,2,8H2,1H3/t14-,15-,20-/m1/s1. The topological polar surface area (TPSA) is 38.3 Å². The van der Waals surface area contributed by atoms with Gasteiger partial charge in [0.1, 0.15) is 0 Å². The number of fused-ring (bicyclic) bond motifs is 3. The molecule has 4 heteroatoms. The van der Waals surface area contributed by atoms with Crippen LogP contribution >= 0.6 is 11.6 Å². The van der Waals surface area contributed by atoms with Crippen LogP contribution in [-0.4, -0.2) is 12.6 Å². The van der Waals surface area contributed by atoms with Crippen LogP contribution in [0.15, 0.2) is 54.6 Å². The molecule has 0 fully saturated rings. The summed E-state index contributed by atoms with van der Waals surface area (Å²) in [4.78, 5) is 12.1. The molecule has 0 bridgehead atoms. The van der Waals surface area contributed by atoms with E-state index in [0.29, 0.717) is 18.1 Å². The fourth-order valence-electron chi connectivity index (χ4n) is 3.97. The van der Waals surface area contributed by atoms with E-state index in [4.69, 9.17) is 16.3 Å². The molecule has 2 aromatic rings. The van der Waals surface area contributed by atoms with E-state index in [9.17, 15) is 4.79 Å². The number of hydrogen-bond acceptors (Lipinski definition) is 3. The molecule has 25 heavy (non-hydrogen) atoms. The van der Waals surface area contributed by atoms with Gasteiger partial charge in [-0.2, -0.15) is 0 Å². The van der Waals surface area contributed by atoms with Gasteiger partial charge in [0.15, 0.2) is 0 Å². The molecule has 3 atom stereocenters. The number of anilines is 1. The second-order valence-electron chi connectivity index (χ2n) is 6.52. The third-order valence-corrected chi connectivity index (χ3v) is 5.46. The Hall–Kier alpha value is -2.26. The molecule has 128 valence electrons. The molecule has 2 aromatic carbocycles. The van der Waals surface area contributed by atoms with Gasteiger partial charge in [0.25, 0.3) is 0 Å². The molecule has 1 aliphatic heterocycles. The maximum atomic E-state index is 12.1. The highest BCUT2D eigenvalue weighted by atomic mass is 35.5. The van der Waals surface area contributed by atoms with Gasteiger partial charge in [-0.1, -0.05) is 42.0 Å². The Labute approximate surface area is 152 Å². The van der Waals surface area contributed by atoms with E-state index >= 15 is 0 Å². The molecule has 3 nitrogen and oxygen atoms in total. The molecule has 4 rings (SSSR count). The van der Waals surface area contributed by atoms with Crippen LogP contribution in [0.5, 0.6) is 0 Å². The summed E-state index contributed by atoms with van der Waals surface area (Å²) >= 11 is 6.46. The molecular formula is C21H20ClNO2. The van der Waals surface area contributed by atoms with Crippen LogP contribution in [0.2, 0.25) is 5.02 Å². The van der Waals surface area contributed by atoms with E-state index < -0.39 is 0 Å². The lowest BCUT2D eigenvalue weighted by Gasteiger charge is -2.38. The number of halogens is 1. The quantitative estimate of drug-likeness (QED) is 0.597. The highest BCUT2D eigenvalue weighted by molar-refractivity contribution is 6.31. The van der Waals surface area contributed by atoms with Gasteiger partial charge < -0.3 is 10.1 Å². The number of benzene rings is 2. The summed E-state index contributed by atoms with van der Waals surface area (Å²) in [6, 6.07) is 14.0. The van der Waals surface area contributed by atoms with E-state index in [1.165, 1.54) is 0 Å². The van der Waals surface area contributed by atoms with Crippen molar-refractivity contribution in [3.05, 3.63) is 76.3 Å². The fraction of sp³-hybridized carbons (Fsp3) is 0.286. The molecule has 2 aliphatic rings. The molecule has 1 aliphatic carbocycles. The second-order valence-corrected chi connectivity index (χ2v) is 6.93. The Morgan fingerprint density at radius 1 is 1.24 bits per heavy atom. The number of ether oxygens (including phenoxy) is 1.